The quantitative estimate of drug-likeness (QED) is 0.277. The average molecular weight is 463 g/mol. The van der Waals surface area contributed by atoms with Gasteiger partial charge in [0.15, 0.2) is 0 Å². The molecule has 2 heteroatoms. The minimum atomic E-state index is 0.371. The first-order valence-electron chi connectivity index (χ1n) is 15.4. The minimum absolute atomic E-state index is 0.371. The molecule has 3 rings (SSSR count). The summed E-state index contributed by atoms with van der Waals surface area (Å²) < 4.78 is 6.61. The monoisotopic (exact) mass is 462 g/mol. The summed E-state index contributed by atoms with van der Waals surface area (Å²) in [4.78, 5) is 0. The molecule has 194 valence electrons. The van der Waals surface area contributed by atoms with Crippen molar-refractivity contribution in [2.75, 3.05) is 13.2 Å². The fourth-order valence-electron chi connectivity index (χ4n) is 8.11. The summed E-state index contributed by atoms with van der Waals surface area (Å²) in [6.45, 7) is 8.63. The van der Waals surface area contributed by atoms with Gasteiger partial charge in [-0.1, -0.05) is 85.0 Å². The average Bonchev–Trinajstić information content (AvgIpc) is 2.86. The SMILES string of the molecule is CCCCC1CCC(COC2CCC(C3CCC(CCCCO)CC3CC)C(CC)C2)CC1. The molecule has 0 spiro atoms. The first-order valence-corrected chi connectivity index (χ1v) is 15.4. The van der Waals surface area contributed by atoms with Crippen molar-refractivity contribution >= 4 is 0 Å². The van der Waals surface area contributed by atoms with Crippen molar-refractivity contribution in [2.24, 2.45) is 41.4 Å². The van der Waals surface area contributed by atoms with Gasteiger partial charge in [-0.25, -0.2) is 0 Å². The van der Waals surface area contributed by atoms with Gasteiger partial charge in [-0.3, -0.25) is 0 Å². The number of unbranched alkanes of at least 4 members (excludes halogenated alkanes) is 2. The smallest absolute Gasteiger partial charge is 0.0578 e. The van der Waals surface area contributed by atoms with Gasteiger partial charge in [0.2, 0.25) is 0 Å². The normalized spacial score (nSPS) is 37.8. The molecule has 3 aliphatic rings. The standard InChI is InChI=1S/C31H58O2/c1-4-7-10-24-12-14-26(15-13-24)23-33-29-17-19-31(28(6-3)22-29)30-18-16-25(11-8-9-20-32)21-27(30)5-2/h24-32H,4-23H2,1-3H3. The molecule has 1 N–H and O–H groups in total. The van der Waals surface area contributed by atoms with Crippen molar-refractivity contribution in [3.05, 3.63) is 0 Å². The number of hydrogen-bond donors (Lipinski definition) is 1. The Kier molecular flexibility index (Phi) is 12.6. The summed E-state index contributed by atoms with van der Waals surface area (Å²) in [6, 6.07) is 0. The highest BCUT2D eigenvalue weighted by atomic mass is 16.5. The number of ether oxygens (including phenoxy) is 1. The molecule has 0 saturated heterocycles. The first-order chi connectivity index (χ1) is 16.2. The summed E-state index contributed by atoms with van der Waals surface area (Å²) in [6.07, 6.45) is 25.3. The van der Waals surface area contributed by atoms with E-state index in [-0.39, 0.29) is 0 Å². The van der Waals surface area contributed by atoms with Crippen LogP contribution in [0.2, 0.25) is 0 Å². The molecular weight excluding hydrogens is 404 g/mol. The van der Waals surface area contributed by atoms with Crippen molar-refractivity contribution < 1.29 is 9.84 Å². The van der Waals surface area contributed by atoms with Gasteiger partial charge < -0.3 is 9.84 Å². The Bertz CT molecular complexity index is 497. The number of hydrogen-bond acceptors (Lipinski definition) is 2. The van der Waals surface area contributed by atoms with Crippen molar-refractivity contribution in [2.45, 2.75) is 142 Å². The minimum Gasteiger partial charge on any atom is -0.396 e. The molecule has 0 heterocycles. The molecule has 0 amide bonds. The molecule has 3 saturated carbocycles. The van der Waals surface area contributed by atoms with Crippen molar-refractivity contribution in [1.29, 1.82) is 0 Å². The van der Waals surface area contributed by atoms with E-state index < -0.39 is 0 Å². The predicted octanol–water partition coefficient (Wildman–Crippen LogP) is 8.80. The van der Waals surface area contributed by atoms with E-state index in [9.17, 15) is 0 Å². The number of rotatable bonds is 13. The van der Waals surface area contributed by atoms with Crippen LogP contribution < -0.4 is 0 Å². The van der Waals surface area contributed by atoms with Gasteiger partial charge in [-0.05, 0) is 92.8 Å². The Morgan fingerprint density at radius 1 is 0.636 bits per heavy atom. The molecule has 0 aromatic rings. The lowest BCUT2D eigenvalue weighted by Crippen LogP contribution is -2.39. The molecule has 6 atom stereocenters. The van der Waals surface area contributed by atoms with Gasteiger partial charge in [0, 0.05) is 13.2 Å². The molecule has 2 nitrogen and oxygen atoms in total. The summed E-state index contributed by atoms with van der Waals surface area (Å²) in [7, 11) is 0. The van der Waals surface area contributed by atoms with Crippen molar-refractivity contribution in [3.63, 3.8) is 0 Å². The van der Waals surface area contributed by atoms with Crippen LogP contribution in [0.15, 0.2) is 0 Å². The summed E-state index contributed by atoms with van der Waals surface area (Å²) in [5, 5.41) is 9.12. The van der Waals surface area contributed by atoms with Crippen molar-refractivity contribution in [3.8, 4) is 0 Å². The molecule has 0 aromatic carbocycles. The van der Waals surface area contributed by atoms with Crippen LogP contribution in [-0.2, 0) is 4.74 Å². The third kappa shape index (κ3) is 8.52. The highest BCUT2D eigenvalue weighted by Gasteiger charge is 2.40. The number of aliphatic hydroxyl groups is 1. The van der Waals surface area contributed by atoms with Crippen LogP contribution in [0.4, 0.5) is 0 Å². The lowest BCUT2D eigenvalue weighted by molar-refractivity contribution is -0.0460. The topological polar surface area (TPSA) is 29.5 Å². The van der Waals surface area contributed by atoms with E-state index in [1.165, 1.54) is 109 Å². The Labute approximate surface area is 207 Å². The highest BCUT2D eigenvalue weighted by molar-refractivity contribution is 4.90. The zero-order valence-corrected chi connectivity index (χ0v) is 22.6. The summed E-state index contributed by atoms with van der Waals surface area (Å²) in [5.41, 5.74) is 0. The van der Waals surface area contributed by atoms with Gasteiger partial charge >= 0.3 is 0 Å². The van der Waals surface area contributed by atoms with E-state index in [0.717, 1.165) is 54.5 Å². The maximum absolute atomic E-state index is 9.12. The Balaban J connectivity index is 1.41. The molecule has 33 heavy (non-hydrogen) atoms. The van der Waals surface area contributed by atoms with E-state index in [4.69, 9.17) is 9.84 Å². The first kappa shape index (κ1) is 27.5. The van der Waals surface area contributed by atoms with Gasteiger partial charge in [0.05, 0.1) is 6.10 Å². The van der Waals surface area contributed by atoms with Crippen LogP contribution in [0.3, 0.4) is 0 Å². The molecule has 3 fully saturated rings. The third-order valence-electron chi connectivity index (χ3n) is 10.3. The fraction of sp³-hybridized carbons (Fsp3) is 1.00. The van der Waals surface area contributed by atoms with Crippen molar-refractivity contribution in [1.82, 2.24) is 0 Å². The largest absolute Gasteiger partial charge is 0.396 e. The Morgan fingerprint density at radius 2 is 1.24 bits per heavy atom. The van der Waals surface area contributed by atoms with E-state index in [1.807, 2.05) is 0 Å². The predicted molar refractivity (Wildman–Crippen MR) is 141 cm³/mol. The van der Waals surface area contributed by atoms with Gasteiger partial charge in [-0.15, -0.1) is 0 Å². The van der Waals surface area contributed by atoms with E-state index in [1.54, 1.807) is 0 Å². The van der Waals surface area contributed by atoms with Gasteiger partial charge in [0.25, 0.3) is 0 Å². The second kappa shape index (κ2) is 15.1. The van der Waals surface area contributed by atoms with E-state index in [2.05, 4.69) is 20.8 Å². The van der Waals surface area contributed by atoms with E-state index in [0.29, 0.717) is 12.7 Å². The Hall–Kier alpha value is -0.0800. The maximum atomic E-state index is 9.12. The molecular formula is C31H58O2. The van der Waals surface area contributed by atoms with Crippen LogP contribution in [0.25, 0.3) is 0 Å². The summed E-state index contributed by atoms with van der Waals surface area (Å²) >= 11 is 0. The highest BCUT2D eigenvalue weighted by Crippen LogP contribution is 2.48. The number of aliphatic hydroxyl groups excluding tert-OH is 1. The second-order valence-corrected chi connectivity index (χ2v) is 12.4. The Morgan fingerprint density at radius 3 is 1.91 bits per heavy atom. The molecule has 3 aliphatic carbocycles. The van der Waals surface area contributed by atoms with Crippen LogP contribution in [0, 0.1) is 41.4 Å². The van der Waals surface area contributed by atoms with Crippen LogP contribution in [0.1, 0.15) is 136 Å². The summed E-state index contributed by atoms with van der Waals surface area (Å²) in [5.74, 6) is 6.52. The lowest BCUT2D eigenvalue weighted by Gasteiger charge is -2.46. The molecule has 0 aromatic heterocycles. The fourth-order valence-corrected chi connectivity index (χ4v) is 8.11. The lowest BCUT2D eigenvalue weighted by atomic mass is 9.60. The zero-order valence-electron chi connectivity index (χ0n) is 22.6. The molecule has 0 radical (unpaired) electrons. The van der Waals surface area contributed by atoms with Gasteiger partial charge in [-0.2, -0.15) is 0 Å². The molecule has 0 bridgehead atoms. The maximum Gasteiger partial charge on any atom is 0.0578 e. The second-order valence-electron chi connectivity index (χ2n) is 12.4. The zero-order chi connectivity index (χ0) is 23.5. The van der Waals surface area contributed by atoms with E-state index >= 15 is 0 Å². The van der Waals surface area contributed by atoms with Crippen LogP contribution >= 0.6 is 0 Å². The van der Waals surface area contributed by atoms with Crippen LogP contribution in [-0.4, -0.2) is 24.4 Å². The molecule has 0 aliphatic heterocycles. The van der Waals surface area contributed by atoms with Gasteiger partial charge in [0.1, 0.15) is 0 Å². The third-order valence-corrected chi connectivity index (χ3v) is 10.3. The molecule has 6 unspecified atom stereocenters. The van der Waals surface area contributed by atoms with Crippen LogP contribution in [0.5, 0.6) is 0 Å².